The Morgan fingerprint density at radius 1 is 0.409 bits per heavy atom. The normalized spacial score (nSPS) is 12.0. The number of aliphatic carboxylic acids is 1. The molecule has 1 unspecified atom stereocenters. The Morgan fingerprint density at radius 3 is 1.00 bits per heavy atom. The summed E-state index contributed by atoms with van der Waals surface area (Å²) in [4.78, 5) is 23.3. The number of ether oxygens (including phenoxy) is 1. The van der Waals surface area contributed by atoms with Crippen molar-refractivity contribution in [1.82, 2.24) is 0 Å². The molecule has 1 N–H and O–H groups in total. The van der Waals surface area contributed by atoms with Crippen molar-refractivity contribution >= 4 is 11.9 Å². The average molecular weight is 623 g/mol. The fraction of sp³-hybridized carbons (Fsp3) is 0.950. The SMILES string of the molecule is CCCCCCCCCCCCCCCCCCCC(=O)OC(CCCCCCCCCCC)CCCCCCCC(=O)O. The number of hydrogen-bond donors (Lipinski definition) is 1. The molecule has 0 fully saturated rings. The lowest BCUT2D eigenvalue weighted by atomic mass is 10.0. The first-order valence-electron chi connectivity index (χ1n) is 20.0. The van der Waals surface area contributed by atoms with E-state index in [0.717, 1.165) is 64.2 Å². The Bertz CT molecular complexity index is 590. The third-order valence-corrected chi connectivity index (χ3v) is 9.33. The molecule has 262 valence electrons. The van der Waals surface area contributed by atoms with Crippen LogP contribution in [0, 0.1) is 0 Å². The molecule has 44 heavy (non-hydrogen) atoms. The van der Waals surface area contributed by atoms with Gasteiger partial charge in [0.15, 0.2) is 0 Å². The standard InChI is InChI=1S/C40H78O4/c1-3-5-7-9-11-13-14-15-16-17-18-19-20-22-24-29-33-37-40(43)44-38(35-31-27-25-28-32-36-39(41)42)34-30-26-23-21-12-10-8-6-4-2/h38H,3-37H2,1-2H3,(H,41,42). The van der Waals surface area contributed by atoms with E-state index in [4.69, 9.17) is 9.84 Å². The van der Waals surface area contributed by atoms with E-state index in [0.29, 0.717) is 6.42 Å². The van der Waals surface area contributed by atoms with Crippen LogP contribution in [0.15, 0.2) is 0 Å². The van der Waals surface area contributed by atoms with Crippen LogP contribution in [0.25, 0.3) is 0 Å². The molecular weight excluding hydrogens is 544 g/mol. The number of hydrogen-bond acceptors (Lipinski definition) is 3. The summed E-state index contributed by atoms with van der Waals surface area (Å²) < 4.78 is 5.99. The van der Waals surface area contributed by atoms with Gasteiger partial charge < -0.3 is 9.84 Å². The van der Waals surface area contributed by atoms with Gasteiger partial charge >= 0.3 is 11.9 Å². The van der Waals surface area contributed by atoms with E-state index in [-0.39, 0.29) is 18.5 Å². The van der Waals surface area contributed by atoms with Crippen LogP contribution < -0.4 is 0 Å². The summed E-state index contributed by atoms with van der Waals surface area (Å²) in [7, 11) is 0. The van der Waals surface area contributed by atoms with Gasteiger partial charge in [-0.05, 0) is 38.5 Å². The van der Waals surface area contributed by atoms with Gasteiger partial charge in [-0.3, -0.25) is 9.59 Å². The summed E-state index contributed by atoms with van der Waals surface area (Å²) in [6.07, 6.45) is 42.7. The molecule has 0 aliphatic heterocycles. The quantitative estimate of drug-likeness (QED) is 0.0553. The van der Waals surface area contributed by atoms with E-state index >= 15 is 0 Å². The fourth-order valence-corrected chi connectivity index (χ4v) is 6.36. The molecule has 4 heteroatoms. The van der Waals surface area contributed by atoms with Crippen LogP contribution in [0.3, 0.4) is 0 Å². The highest BCUT2D eigenvalue weighted by Gasteiger charge is 2.14. The second-order valence-electron chi connectivity index (χ2n) is 13.8. The van der Waals surface area contributed by atoms with Gasteiger partial charge in [-0.2, -0.15) is 0 Å². The van der Waals surface area contributed by atoms with Crippen molar-refractivity contribution in [3.05, 3.63) is 0 Å². The lowest BCUT2D eigenvalue weighted by Crippen LogP contribution is -2.18. The Morgan fingerprint density at radius 2 is 0.682 bits per heavy atom. The molecule has 4 nitrogen and oxygen atoms in total. The smallest absolute Gasteiger partial charge is 0.306 e. The number of carboxylic acids is 1. The summed E-state index contributed by atoms with van der Waals surface area (Å²) >= 11 is 0. The minimum atomic E-state index is -0.697. The molecule has 0 amide bonds. The second-order valence-corrected chi connectivity index (χ2v) is 13.8. The van der Waals surface area contributed by atoms with Gasteiger partial charge in [0.05, 0.1) is 0 Å². The third kappa shape index (κ3) is 35.4. The predicted molar refractivity (Wildman–Crippen MR) is 190 cm³/mol. The summed E-state index contributed by atoms with van der Waals surface area (Å²) in [6.45, 7) is 4.56. The first-order chi connectivity index (χ1) is 21.6. The minimum Gasteiger partial charge on any atom is -0.481 e. The zero-order chi connectivity index (χ0) is 32.2. The van der Waals surface area contributed by atoms with Crippen molar-refractivity contribution in [2.75, 3.05) is 0 Å². The van der Waals surface area contributed by atoms with Gasteiger partial charge in [0.1, 0.15) is 6.10 Å². The summed E-state index contributed by atoms with van der Waals surface area (Å²) in [5.74, 6) is -0.689. The summed E-state index contributed by atoms with van der Waals surface area (Å²) in [5, 5.41) is 8.80. The van der Waals surface area contributed by atoms with Crippen molar-refractivity contribution < 1.29 is 19.4 Å². The van der Waals surface area contributed by atoms with Gasteiger partial charge in [0.25, 0.3) is 0 Å². The summed E-state index contributed by atoms with van der Waals surface area (Å²) in [5.41, 5.74) is 0. The molecule has 0 aliphatic rings. The molecule has 0 radical (unpaired) electrons. The maximum absolute atomic E-state index is 12.6. The molecule has 0 spiro atoms. The van der Waals surface area contributed by atoms with Crippen molar-refractivity contribution in [2.45, 2.75) is 245 Å². The molecule has 0 aliphatic carbocycles. The highest BCUT2D eigenvalue weighted by atomic mass is 16.5. The molecule has 0 rings (SSSR count). The molecule has 0 aromatic heterocycles. The van der Waals surface area contributed by atoms with Crippen LogP contribution in [-0.2, 0) is 14.3 Å². The van der Waals surface area contributed by atoms with Gasteiger partial charge in [-0.1, -0.05) is 187 Å². The van der Waals surface area contributed by atoms with Crippen LogP contribution in [-0.4, -0.2) is 23.1 Å². The molecule has 0 aromatic carbocycles. The number of esters is 1. The Balaban J connectivity index is 3.89. The van der Waals surface area contributed by atoms with Crippen LogP contribution in [0.2, 0.25) is 0 Å². The summed E-state index contributed by atoms with van der Waals surface area (Å²) in [6, 6.07) is 0. The topological polar surface area (TPSA) is 63.6 Å². The van der Waals surface area contributed by atoms with Crippen LogP contribution in [0.4, 0.5) is 0 Å². The van der Waals surface area contributed by atoms with E-state index in [2.05, 4.69) is 13.8 Å². The molecule has 1 atom stereocenters. The number of carbonyl (C=O) groups excluding carboxylic acids is 1. The lowest BCUT2D eigenvalue weighted by molar-refractivity contribution is -0.150. The van der Waals surface area contributed by atoms with Crippen LogP contribution in [0.5, 0.6) is 0 Å². The lowest BCUT2D eigenvalue weighted by Gasteiger charge is -2.18. The van der Waals surface area contributed by atoms with Crippen molar-refractivity contribution in [1.29, 1.82) is 0 Å². The van der Waals surface area contributed by atoms with E-state index in [9.17, 15) is 9.59 Å². The van der Waals surface area contributed by atoms with Crippen molar-refractivity contribution in [3.63, 3.8) is 0 Å². The second kappa shape index (κ2) is 36.4. The monoisotopic (exact) mass is 623 g/mol. The van der Waals surface area contributed by atoms with E-state index < -0.39 is 5.97 Å². The number of carbonyl (C=O) groups is 2. The Hall–Kier alpha value is -1.06. The first-order valence-corrected chi connectivity index (χ1v) is 20.0. The van der Waals surface area contributed by atoms with E-state index in [1.807, 2.05) is 0 Å². The van der Waals surface area contributed by atoms with Gasteiger partial charge in [-0.15, -0.1) is 0 Å². The largest absolute Gasteiger partial charge is 0.481 e. The number of unbranched alkanes of at least 4 members (excludes halogenated alkanes) is 28. The van der Waals surface area contributed by atoms with Crippen LogP contribution in [0.1, 0.15) is 239 Å². The van der Waals surface area contributed by atoms with Gasteiger partial charge in [0, 0.05) is 12.8 Å². The molecule has 0 aromatic rings. The highest BCUT2D eigenvalue weighted by Crippen LogP contribution is 2.19. The van der Waals surface area contributed by atoms with E-state index in [1.165, 1.54) is 148 Å². The van der Waals surface area contributed by atoms with E-state index in [1.54, 1.807) is 0 Å². The molecule has 0 saturated heterocycles. The number of rotatable bonds is 37. The average Bonchev–Trinajstić information content (AvgIpc) is 3.00. The first kappa shape index (κ1) is 42.9. The third-order valence-electron chi connectivity index (χ3n) is 9.33. The number of carboxylic acid groups (broad SMARTS) is 1. The molecular formula is C40H78O4. The zero-order valence-corrected chi connectivity index (χ0v) is 30.0. The van der Waals surface area contributed by atoms with Crippen molar-refractivity contribution in [2.24, 2.45) is 0 Å². The van der Waals surface area contributed by atoms with Gasteiger partial charge in [0.2, 0.25) is 0 Å². The fourth-order valence-electron chi connectivity index (χ4n) is 6.36. The van der Waals surface area contributed by atoms with Gasteiger partial charge in [-0.25, -0.2) is 0 Å². The molecule has 0 bridgehead atoms. The minimum absolute atomic E-state index is 0.00772. The highest BCUT2D eigenvalue weighted by molar-refractivity contribution is 5.69. The molecule has 0 heterocycles. The maximum Gasteiger partial charge on any atom is 0.306 e. The molecule has 0 saturated carbocycles. The zero-order valence-electron chi connectivity index (χ0n) is 30.0. The van der Waals surface area contributed by atoms with Crippen LogP contribution >= 0.6 is 0 Å². The Kier molecular flexibility index (Phi) is 35.5. The maximum atomic E-state index is 12.6. The predicted octanol–water partition coefficient (Wildman–Crippen LogP) is 13.7. The Labute approximate surface area is 275 Å². The van der Waals surface area contributed by atoms with Crippen molar-refractivity contribution in [3.8, 4) is 0 Å².